The van der Waals surface area contributed by atoms with Crippen molar-refractivity contribution in [1.82, 2.24) is 4.31 Å². The third-order valence-corrected chi connectivity index (χ3v) is 7.15. The normalized spacial score (nSPS) is 20.1. The molecule has 0 aliphatic heterocycles. The lowest BCUT2D eigenvalue weighted by Crippen LogP contribution is -2.49. The maximum atomic E-state index is 12.4. The molecule has 18 heavy (non-hydrogen) atoms. The van der Waals surface area contributed by atoms with Crippen LogP contribution in [0.25, 0.3) is 0 Å². The fraction of sp³-hybridized carbons (Fsp3) is 1.00. The average molecular weight is 299 g/mol. The van der Waals surface area contributed by atoms with Crippen molar-refractivity contribution in [1.29, 1.82) is 0 Å². The van der Waals surface area contributed by atoms with Crippen molar-refractivity contribution in [3.05, 3.63) is 0 Å². The summed E-state index contributed by atoms with van der Waals surface area (Å²) in [6.07, 6.45) is 0.434. The minimum atomic E-state index is -3.80. The second-order valence-electron chi connectivity index (χ2n) is 5.48. The fourth-order valence-electron chi connectivity index (χ4n) is 1.39. The third kappa shape index (κ3) is 2.87. The Labute approximate surface area is 109 Å². The minimum absolute atomic E-state index is 0.217. The Balaban J connectivity index is 3.07. The summed E-state index contributed by atoms with van der Waals surface area (Å²) in [5.74, 6) is -0.233. The van der Waals surface area contributed by atoms with Crippen LogP contribution in [-0.4, -0.2) is 44.4 Å². The molecular weight excluding hydrogens is 278 g/mol. The molecule has 0 unspecified atom stereocenters. The van der Waals surface area contributed by atoms with Crippen LogP contribution in [0, 0.1) is 0 Å². The molecule has 1 aliphatic carbocycles. The molecule has 8 heteroatoms. The van der Waals surface area contributed by atoms with E-state index in [4.69, 9.17) is 4.18 Å². The highest BCUT2D eigenvalue weighted by Gasteiger charge is 2.61. The van der Waals surface area contributed by atoms with Gasteiger partial charge in [-0.3, -0.25) is 0 Å². The molecule has 1 aliphatic rings. The van der Waals surface area contributed by atoms with E-state index in [0.717, 1.165) is 0 Å². The maximum absolute atomic E-state index is 12.4. The lowest BCUT2D eigenvalue weighted by atomic mass is 10.1. The highest BCUT2D eigenvalue weighted by molar-refractivity contribution is 7.92. The molecule has 6 nitrogen and oxygen atoms in total. The van der Waals surface area contributed by atoms with Gasteiger partial charge in [0.25, 0.3) is 10.1 Å². The predicted octanol–water partition coefficient (Wildman–Crippen LogP) is 0.903. The van der Waals surface area contributed by atoms with Gasteiger partial charge in [-0.2, -0.15) is 12.7 Å². The molecule has 0 spiro atoms. The zero-order valence-electron chi connectivity index (χ0n) is 11.4. The topological polar surface area (TPSA) is 80.8 Å². The summed E-state index contributed by atoms with van der Waals surface area (Å²) in [5.41, 5.74) is -0.617. The third-order valence-electron chi connectivity index (χ3n) is 3.07. The van der Waals surface area contributed by atoms with Gasteiger partial charge in [-0.25, -0.2) is 12.6 Å². The fourth-order valence-corrected chi connectivity index (χ4v) is 4.63. The second kappa shape index (κ2) is 4.43. The maximum Gasteiger partial charge on any atom is 0.268 e. The Bertz CT molecular complexity index is 511. The number of hydrogen-bond acceptors (Lipinski definition) is 5. The van der Waals surface area contributed by atoms with E-state index in [-0.39, 0.29) is 18.6 Å². The van der Waals surface area contributed by atoms with E-state index in [1.165, 1.54) is 18.3 Å². The van der Waals surface area contributed by atoms with Crippen molar-refractivity contribution in [3.63, 3.8) is 0 Å². The van der Waals surface area contributed by atoms with Crippen LogP contribution >= 0.6 is 0 Å². The van der Waals surface area contributed by atoms with E-state index in [0.29, 0.717) is 0 Å². The lowest BCUT2D eigenvalue weighted by molar-refractivity contribution is 0.225. The van der Waals surface area contributed by atoms with Gasteiger partial charge in [-0.1, -0.05) is 0 Å². The van der Waals surface area contributed by atoms with Crippen LogP contribution in [0.15, 0.2) is 0 Å². The molecule has 108 valence electrons. The second-order valence-corrected chi connectivity index (χ2v) is 9.58. The number of rotatable bonds is 5. The summed E-state index contributed by atoms with van der Waals surface area (Å²) in [6.45, 7) is 6.66. The minimum Gasteiger partial charge on any atom is -0.246 e. The Morgan fingerprint density at radius 1 is 1.17 bits per heavy atom. The highest BCUT2D eigenvalue weighted by Crippen LogP contribution is 2.48. The molecule has 0 saturated heterocycles. The lowest BCUT2D eigenvalue weighted by Gasteiger charge is -2.33. The van der Waals surface area contributed by atoms with Gasteiger partial charge < -0.3 is 0 Å². The van der Waals surface area contributed by atoms with E-state index in [1.54, 1.807) is 20.8 Å². The van der Waals surface area contributed by atoms with Crippen molar-refractivity contribution < 1.29 is 21.0 Å². The molecule has 0 amide bonds. The monoisotopic (exact) mass is 299 g/mol. The standard InChI is InChI=1S/C10H21NO5S2/c1-6-17(12,13)16-10(7-8-10)18(14,15)11(5)9(2,3)4/h6-8H2,1-5H3. The van der Waals surface area contributed by atoms with Crippen LogP contribution in [0.2, 0.25) is 0 Å². The molecule has 0 N–H and O–H groups in total. The largest absolute Gasteiger partial charge is 0.268 e. The van der Waals surface area contributed by atoms with Crippen molar-refractivity contribution in [2.45, 2.75) is 51.0 Å². The van der Waals surface area contributed by atoms with Crippen molar-refractivity contribution >= 4 is 20.1 Å². The first kappa shape index (κ1) is 15.9. The number of nitrogens with zero attached hydrogens (tertiary/aromatic N) is 1. The van der Waals surface area contributed by atoms with Gasteiger partial charge in [0.2, 0.25) is 15.0 Å². The zero-order valence-corrected chi connectivity index (χ0v) is 13.1. The molecule has 1 saturated carbocycles. The van der Waals surface area contributed by atoms with Gasteiger partial charge in [0, 0.05) is 12.6 Å². The van der Waals surface area contributed by atoms with E-state index >= 15 is 0 Å². The average Bonchev–Trinajstić information content (AvgIpc) is 2.96. The van der Waals surface area contributed by atoms with Gasteiger partial charge in [0.05, 0.1) is 5.75 Å². The molecule has 0 atom stereocenters. The molecule has 0 radical (unpaired) electrons. The summed E-state index contributed by atoms with van der Waals surface area (Å²) in [5, 5.41) is 0. The van der Waals surface area contributed by atoms with E-state index in [2.05, 4.69) is 0 Å². The van der Waals surface area contributed by atoms with Crippen LogP contribution in [0.4, 0.5) is 0 Å². The van der Waals surface area contributed by atoms with Crippen molar-refractivity contribution in [2.24, 2.45) is 0 Å². The Hall–Kier alpha value is -0.180. The SMILES string of the molecule is CCS(=O)(=O)OC1(S(=O)(=O)N(C)C(C)(C)C)CC1. The van der Waals surface area contributed by atoms with Crippen molar-refractivity contribution in [3.8, 4) is 0 Å². The summed E-state index contributed by atoms with van der Waals surface area (Å²) < 4.78 is 53.8. The zero-order chi connectivity index (χ0) is 14.4. The molecule has 1 rings (SSSR count). The number of hydrogen-bond donors (Lipinski definition) is 0. The summed E-state index contributed by atoms with van der Waals surface area (Å²) >= 11 is 0. The summed E-state index contributed by atoms with van der Waals surface area (Å²) in [6, 6.07) is 0. The van der Waals surface area contributed by atoms with Crippen LogP contribution in [0.1, 0.15) is 40.5 Å². The quantitative estimate of drug-likeness (QED) is 0.705. The molecular formula is C10H21NO5S2. The van der Waals surface area contributed by atoms with Gasteiger partial charge >= 0.3 is 0 Å². The Morgan fingerprint density at radius 2 is 1.61 bits per heavy atom. The van der Waals surface area contributed by atoms with Gasteiger partial charge in [0.1, 0.15) is 0 Å². The van der Waals surface area contributed by atoms with E-state index < -0.39 is 30.6 Å². The van der Waals surface area contributed by atoms with Crippen LogP contribution < -0.4 is 0 Å². The smallest absolute Gasteiger partial charge is 0.246 e. The predicted molar refractivity (Wildman–Crippen MR) is 68.9 cm³/mol. The number of sulfonamides is 1. The van der Waals surface area contributed by atoms with Gasteiger partial charge in [-0.05, 0) is 40.5 Å². The van der Waals surface area contributed by atoms with Gasteiger partial charge in [0.15, 0.2) is 0 Å². The van der Waals surface area contributed by atoms with Gasteiger partial charge in [-0.15, -0.1) is 0 Å². The molecule has 1 fully saturated rings. The molecule has 0 aromatic heterocycles. The first-order valence-corrected chi connectivity index (χ1v) is 8.82. The molecule has 0 bridgehead atoms. The first-order valence-electron chi connectivity index (χ1n) is 5.80. The van der Waals surface area contributed by atoms with E-state index in [9.17, 15) is 16.8 Å². The Morgan fingerprint density at radius 3 is 1.89 bits per heavy atom. The van der Waals surface area contributed by atoms with Crippen LogP contribution in [0.3, 0.4) is 0 Å². The molecule has 0 aromatic carbocycles. The summed E-state index contributed by atoms with van der Waals surface area (Å²) in [7, 11) is -6.14. The molecule has 0 aromatic rings. The Kier molecular flexibility index (Phi) is 3.91. The van der Waals surface area contributed by atoms with Crippen molar-refractivity contribution in [2.75, 3.05) is 12.8 Å². The summed E-state index contributed by atoms with van der Waals surface area (Å²) in [4.78, 5) is -1.58. The first-order chi connectivity index (χ1) is 7.88. The molecule has 0 heterocycles. The van der Waals surface area contributed by atoms with Crippen LogP contribution in [-0.2, 0) is 24.3 Å². The highest BCUT2D eigenvalue weighted by atomic mass is 32.2. The van der Waals surface area contributed by atoms with E-state index in [1.807, 2.05) is 0 Å². The van der Waals surface area contributed by atoms with Crippen LogP contribution in [0.5, 0.6) is 0 Å².